The van der Waals surface area contributed by atoms with Crippen molar-refractivity contribution < 1.29 is 9.59 Å². The average Bonchev–Trinajstić information content (AvgIpc) is 3.49. The van der Waals surface area contributed by atoms with E-state index in [4.69, 9.17) is 4.99 Å². The van der Waals surface area contributed by atoms with Crippen molar-refractivity contribution >= 4 is 35.0 Å². The van der Waals surface area contributed by atoms with E-state index in [1.807, 2.05) is 43.3 Å². The van der Waals surface area contributed by atoms with Crippen LogP contribution in [0, 0.1) is 5.41 Å². The molecule has 1 aromatic rings. The molecule has 1 spiro atoms. The van der Waals surface area contributed by atoms with Crippen LogP contribution in [0.25, 0.3) is 0 Å². The van der Waals surface area contributed by atoms with Gasteiger partial charge in [-0.1, -0.05) is 6.07 Å². The van der Waals surface area contributed by atoms with Gasteiger partial charge in [0, 0.05) is 55.2 Å². The number of guanidine groups is 1. The Hall–Kier alpha value is -3.56. The standard InChI is InChI=1S/C22H26N8O2/c1-21(2)14-4-3-13(9-15(14)26-19(21)32)25-20-27-18-17(23-6-8-30(18)28-20)29-7-5-22(12-29)10-16(31)24-11-22/h3-4,6,8-9,18H,5,7,10-12H2,1-2H3,(H,24,31)(H,26,32)(H2,25,27,28). The van der Waals surface area contributed by atoms with Crippen molar-refractivity contribution in [3.8, 4) is 0 Å². The summed E-state index contributed by atoms with van der Waals surface area (Å²) in [6.45, 7) is 6.26. The molecule has 10 nitrogen and oxygen atoms in total. The molecule has 0 bridgehead atoms. The van der Waals surface area contributed by atoms with Gasteiger partial charge in [-0.3, -0.25) is 20.0 Å². The molecule has 0 radical (unpaired) electrons. The van der Waals surface area contributed by atoms with Gasteiger partial charge >= 0.3 is 0 Å². The Morgan fingerprint density at radius 3 is 2.94 bits per heavy atom. The smallest absolute Gasteiger partial charge is 0.234 e. The molecule has 1 aromatic carbocycles. The van der Waals surface area contributed by atoms with Crippen molar-refractivity contribution in [2.75, 3.05) is 30.3 Å². The van der Waals surface area contributed by atoms with E-state index in [0.717, 1.165) is 48.8 Å². The molecule has 166 valence electrons. The maximum Gasteiger partial charge on any atom is 0.234 e. The van der Waals surface area contributed by atoms with Crippen LogP contribution in [0.15, 0.2) is 40.6 Å². The summed E-state index contributed by atoms with van der Waals surface area (Å²) < 4.78 is 0. The highest BCUT2D eigenvalue weighted by Gasteiger charge is 2.47. The molecular weight excluding hydrogens is 408 g/mol. The van der Waals surface area contributed by atoms with Crippen molar-refractivity contribution in [3.63, 3.8) is 0 Å². The number of carbonyl (C=O) groups is 2. The summed E-state index contributed by atoms with van der Waals surface area (Å²) in [7, 11) is 0. The number of hydrogen-bond acceptors (Lipinski definition) is 8. The molecule has 5 aliphatic heterocycles. The predicted molar refractivity (Wildman–Crippen MR) is 121 cm³/mol. The zero-order chi connectivity index (χ0) is 22.1. The fourth-order valence-corrected chi connectivity index (χ4v) is 5.23. The highest BCUT2D eigenvalue weighted by molar-refractivity contribution is 6.07. The topological polar surface area (TPSA) is 113 Å². The second-order valence-corrected chi connectivity index (χ2v) is 9.75. The quantitative estimate of drug-likeness (QED) is 0.523. The SMILES string of the molecule is CC1(C)C(=O)Nc2cc(NC3=NC4C(N5CCC6(CNC(=O)C6)C5)=NC=CN4N3)ccc21. The van der Waals surface area contributed by atoms with Crippen molar-refractivity contribution in [3.05, 3.63) is 36.2 Å². The molecule has 0 aromatic heterocycles. The van der Waals surface area contributed by atoms with Crippen LogP contribution < -0.4 is 21.4 Å². The zero-order valence-electron chi connectivity index (χ0n) is 18.1. The van der Waals surface area contributed by atoms with Crippen molar-refractivity contribution in [1.82, 2.24) is 20.7 Å². The van der Waals surface area contributed by atoms with Crippen LogP contribution in [-0.4, -0.2) is 59.3 Å². The van der Waals surface area contributed by atoms with E-state index < -0.39 is 5.41 Å². The van der Waals surface area contributed by atoms with Gasteiger partial charge in [0.25, 0.3) is 0 Å². The maximum absolute atomic E-state index is 12.2. The maximum atomic E-state index is 12.2. The Bertz CT molecular complexity index is 1120. The molecule has 5 heterocycles. The molecule has 5 aliphatic rings. The van der Waals surface area contributed by atoms with Gasteiger partial charge in [-0.2, -0.15) is 0 Å². The van der Waals surface area contributed by atoms with Gasteiger partial charge in [-0.25, -0.2) is 9.98 Å². The van der Waals surface area contributed by atoms with Crippen LogP contribution in [0.3, 0.4) is 0 Å². The first-order valence-electron chi connectivity index (χ1n) is 10.9. The number of hydrazine groups is 1. The van der Waals surface area contributed by atoms with E-state index in [2.05, 4.69) is 31.3 Å². The Morgan fingerprint density at radius 2 is 2.12 bits per heavy atom. The van der Waals surface area contributed by atoms with Crippen molar-refractivity contribution in [2.45, 2.75) is 38.3 Å². The summed E-state index contributed by atoms with van der Waals surface area (Å²) in [5.41, 5.74) is 5.41. The lowest BCUT2D eigenvalue weighted by molar-refractivity contribution is -0.120. The first-order valence-corrected chi connectivity index (χ1v) is 10.9. The number of hydrogen-bond donors (Lipinski definition) is 4. The molecule has 0 aliphatic carbocycles. The molecule has 2 saturated heterocycles. The monoisotopic (exact) mass is 434 g/mol. The number of anilines is 2. The van der Waals surface area contributed by atoms with Crippen molar-refractivity contribution in [2.24, 2.45) is 15.4 Å². The number of benzene rings is 1. The predicted octanol–water partition coefficient (Wildman–Crippen LogP) is 0.926. The lowest BCUT2D eigenvalue weighted by Crippen LogP contribution is -2.48. The number of nitrogens with one attached hydrogen (secondary N) is 4. The molecule has 2 atom stereocenters. The van der Waals surface area contributed by atoms with Gasteiger partial charge in [0.2, 0.25) is 23.9 Å². The molecule has 0 saturated carbocycles. The second-order valence-electron chi connectivity index (χ2n) is 9.75. The van der Waals surface area contributed by atoms with E-state index >= 15 is 0 Å². The van der Waals surface area contributed by atoms with Gasteiger partial charge in [0.15, 0.2) is 5.84 Å². The zero-order valence-corrected chi connectivity index (χ0v) is 18.1. The molecule has 2 amide bonds. The first-order chi connectivity index (χ1) is 15.3. The number of rotatable bonds is 1. The molecule has 6 rings (SSSR count). The molecule has 4 N–H and O–H groups in total. The van der Waals surface area contributed by atoms with Crippen LogP contribution in [0.2, 0.25) is 0 Å². The summed E-state index contributed by atoms with van der Waals surface area (Å²) in [6, 6.07) is 5.87. The Labute approximate surface area is 185 Å². The van der Waals surface area contributed by atoms with Gasteiger partial charge in [-0.15, -0.1) is 0 Å². The number of amidine groups is 1. The van der Waals surface area contributed by atoms with Gasteiger partial charge in [-0.05, 0) is 38.0 Å². The summed E-state index contributed by atoms with van der Waals surface area (Å²) >= 11 is 0. The third kappa shape index (κ3) is 2.85. The largest absolute Gasteiger partial charge is 0.356 e. The lowest BCUT2D eigenvalue weighted by atomic mass is 9.86. The summed E-state index contributed by atoms with van der Waals surface area (Å²) in [4.78, 5) is 35.7. The molecular formula is C22H26N8O2. The molecule has 10 heteroatoms. The van der Waals surface area contributed by atoms with Gasteiger partial charge < -0.3 is 20.9 Å². The van der Waals surface area contributed by atoms with Gasteiger partial charge in [0.05, 0.1) is 5.41 Å². The summed E-state index contributed by atoms with van der Waals surface area (Å²) in [5.74, 6) is 1.65. The Balaban J connectivity index is 1.19. The number of fused-ring (bicyclic) bond motifs is 2. The molecule has 2 unspecified atom stereocenters. The number of nitrogens with zero attached hydrogens (tertiary/aromatic N) is 4. The Morgan fingerprint density at radius 1 is 1.25 bits per heavy atom. The highest BCUT2D eigenvalue weighted by atomic mass is 16.2. The van der Waals surface area contributed by atoms with Crippen LogP contribution in [0.4, 0.5) is 11.4 Å². The highest BCUT2D eigenvalue weighted by Crippen LogP contribution is 2.39. The third-order valence-corrected chi connectivity index (χ3v) is 7.14. The minimum absolute atomic E-state index is 0.00501. The normalized spacial score (nSPS) is 29.4. The van der Waals surface area contributed by atoms with E-state index in [0.29, 0.717) is 12.4 Å². The van der Waals surface area contributed by atoms with E-state index in [-0.39, 0.29) is 23.4 Å². The van der Waals surface area contributed by atoms with Crippen LogP contribution in [-0.2, 0) is 15.0 Å². The molecule has 32 heavy (non-hydrogen) atoms. The minimum Gasteiger partial charge on any atom is -0.356 e. The van der Waals surface area contributed by atoms with Gasteiger partial charge in [0.1, 0.15) is 0 Å². The fraction of sp³-hybridized carbons (Fsp3) is 0.455. The van der Waals surface area contributed by atoms with Crippen LogP contribution >= 0.6 is 0 Å². The average molecular weight is 435 g/mol. The third-order valence-electron chi connectivity index (χ3n) is 7.14. The summed E-state index contributed by atoms with van der Waals surface area (Å²) in [5, 5.41) is 11.2. The number of amides is 2. The van der Waals surface area contributed by atoms with Crippen LogP contribution in [0.1, 0.15) is 32.3 Å². The van der Waals surface area contributed by atoms with Crippen molar-refractivity contribution in [1.29, 1.82) is 0 Å². The lowest BCUT2D eigenvalue weighted by Gasteiger charge is -2.31. The Kier molecular flexibility index (Phi) is 3.87. The first kappa shape index (κ1) is 19.1. The number of likely N-dealkylation sites (tertiary alicyclic amines) is 1. The molecule has 2 fully saturated rings. The minimum atomic E-state index is -0.527. The number of aliphatic imine (C=N–C) groups is 2. The fourth-order valence-electron chi connectivity index (χ4n) is 5.23. The van der Waals surface area contributed by atoms with E-state index in [1.165, 1.54) is 0 Å². The van der Waals surface area contributed by atoms with E-state index in [1.54, 1.807) is 6.20 Å². The summed E-state index contributed by atoms with van der Waals surface area (Å²) in [6.07, 6.45) is 4.93. The number of carbonyl (C=O) groups excluding carboxylic acids is 2. The second kappa shape index (κ2) is 6.47. The van der Waals surface area contributed by atoms with E-state index in [9.17, 15) is 9.59 Å². The van der Waals surface area contributed by atoms with Crippen LogP contribution in [0.5, 0.6) is 0 Å².